The summed E-state index contributed by atoms with van der Waals surface area (Å²) >= 11 is 6.00. The highest BCUT2D eigenvalue weighted by atomic mass is 35.5. The fourth-order valence-corrected chi connectivity index (χ4v) is 1.83. The molecule has 0 fully saturated rings. The lowest BCUT2D eigenvalue weighted by Gasteiger charge is -2.04. The van der Waals surface area contributed by atoms with Crippen molar-refractivity contribution in [3.8, 4) is 0 Å². The molecule has 2 aromatic rings. The van der Waals surface area contributed by atoms with Crippen LogP contribution in [0.1, 0.15) is 37.0 Å². The maximum Gasteiger partial charge on any atom is 0.229 e. The van der Waals surface area contributed by atoms with Gasteiger partial charge in [-0.3, -0.25) is 4.79 Å². The highest BCUT2D eigenvalue weighted by Crippen LogP contribution is 2.15. The lowest BCUT2D eigenvalue weighted by molar-refractivity contribution is -0.120. The molecule has 1 aromatic carbocycles. The van der Waals surface area contributed by atoms with Gasteiger partial charge < -0.3 is 9.84 Å². The van der Waals surface area contributed by atoms with Crippen molar-refractivity contribution in [2.24, 2.45) is 0 Å². The predicted molar refractivity (Wildman–Crippen MR) is 75.4 cm³/mol. The summed E-state index contributed by atoms with van der Waals surface area (Å²) in [5.41, 5.74) is 0.794. The minimum absolute atomic E-state index is 0.131. The first kappa shape index (κ1) is 14.5. The quantitative estimate of drug-likeness (QED) is 0.920. The van der Waals surface area contributed by atoms with Crippen LogP contribution in [0.3, 0.4) is 0 Å². The summed E-state index contributed by atoms with van der Waals surface area (Å²) in [7, 11) is 0. The highest BCUT2D eigenvalue weighted by molar-refractivity contribution is 6.31. The molecule has 1 amide bonds. The van der Waals surface area contributed by atoms with Gasteiger partial charge >= 0.3 is 0 Å². The number of amides is 1. The van der Waals surface area contributed by atoms with Crippen molar-refractivity contribution in [3.63, 3.8) is 0 Å². The van der Waals surface area contributed by atoms with Gasteiger partial charge in [-0.1, -0.05) is 48.8 Å². The summed E-state index contributed by atoms with van der Waals surface area (Å²) in [5.74, 6) is 1.09. The van der Waals surface area contributed by atoms with Crippen LogP contribution >= 0.6 is 11.6 Å². The first-order valence-electron chi connectivity index (χ1n) is 6.39. The summed E-state index contributed by atoms with van der Waals surface area (Å²) < 4.78 is 5.06. The average Bonchev–Trinajstić information content (AvgIpc) is 2.88. The van der Waals surface area contributed by atoms with E-state index in [4.69, 9.17) is 16.1 Å². The standard InChI is InChI=1S/C14H16ClN3O2/c1-9(2)14-17-12(18-20-14)8-16-13(19)7-10-5-3-4-6-11(10)15/h3-6,9H,7-8H2,1-2H3,(H,16,19). The Balaban J connectivity index is 1.87. The molecular weight excluding hydrogens is 278 g/mol. The third-order valence-corrected chi connectivity index (χ3v) is 3.10. The van der Waals surface area contributed by atoms with Crippen LogP contribution in [0, 0.1) is 0 Å². The largest absolute Gasteiger partial charge is 0.348 e. The number of aromatic nitrogens is 2. The van der Waals surface area contributed by atoms with E-state index in [1.807, 2.05) is 32.0 Å². The van der Waals surface area contributed by atoms with Gasteiger partial charge in [0.1, 0.15) is 0 Å². The van der Waals surface area contributed by atoms with Crippen LogP contribution in [0.25, 0.3) is 0 Å². The molecule has 2 rings (SSSR count). The van der Waals surface area contributed by atoms with Crippen LogP contribution < -0.4 is 5.32 Å². The third-order valence-electron chi connectivity index (χ3n) is 2.73. The normalized spacial score (nSPS) is 10.8. The number of carbonyl (C=O) groups excluding carboxylic acids is 1. The van der Waals surface area contributed by atoms with E-state index in [-0.39, 0.29) is 24.8 Å². The SMILES string of the molecule is CC(C)c1nc(CNC(=O)Cc2ccccc2Cl)no1. The van der Waals surface area contributed by atoms with Crippen molar-refractivity contribution in [3.05, 3.63) is 46.6 Å². The molecule has 0 aliphatic carbocycles. The molecule has 0 atom stereocenters. The van der Waals surface area contributed by atoms with Crippen molar-refractivity contribution in [2.75, 3.05) is 0 Å². The molecule has 0 aliphatic heterocycles. The minimum atomic E-state index is -0.131. The van der Waals surface area contributed by atoms with E-state index in [1.54, 1.807) is 6.07 Å². The maximum atomic E-state index is 11.8. The molecule has 0 spiro atoms. The third kappa shape index (κ3) is 3.81. The summed E-state index contributed by atoms with van der Waals surface area (Å²) in [6.07, 6.45) is 0.231. The van der Waals surface area contributed by atoms with Gasteiger partial charge in [-0.25, -0.2) is 0 Å². The van der Waals surface area contributed by atoms with Crippen LogP contribution in [-0.2, 0) is 17.8 Å². The second-order valence-corrected chi connectivity index (χ2v) is 5.16. The Hall–Kier alpha value is -1.88. The average molecular weight is 294 g/mol. The van der Waals surface area contributed by atoms with Gasteiger partial charge in [-0.05, 0) is 11.6 Å². The van der Waals surface area contributed by atoms with Gasteiger partial charge in [0.15, 0.2) is 5.82 Å². The lowest BCUT2D eigenvalue weighted by Crippen LogP contribution is -2.25. The first-order chi connectivity index (χ1) is 9.56. The molecule has 0 bridgehead atoms. The Labute approximate surface area is 122 Å². The van der Waals surface area contributed by atoms with Gasteiger partial charge in [0.25, 0.3) is 0 Å². The van der Waals surface area contributed by atoms with Gasteiger partial charge in [0.05, 0.1) is 13.0 Å². The number of nitrogens with one attached hydrogen (secondary N) is 1. The fourth-order valence-electron chi connectivity index (χ4n) is 1.63. The Kier molecular flexibility index (Phi) is 4.74. The van der Waals surface area contributed by atoms with Gasteiger partial charge in [0.2, 0.25) is 11.8 Å². The van der Waals surface area contributed by atoms with Crippen molar-refractivity contribution >= 4 is 17.5 Å². The van der Waals surface area contributed by atoms with Crippen molar-refractivity contribution in [1.82, 2.24) is 15.5 Å². The van der Waals surface area contributed by atoms with Gasteiger partial charge in [0, 0.05) is 10.9 Å². The number of hydrogen-bond acceptors (Lipinski definition) is 4. The topological polar surface area (TPSA) is 68.0 Å². The number of hydrogen-bond donors (Lipinski definition) is 1. The van der Waals surface area contributed by atoms with Crippen LogP contribution in [-0.4, -0.2) is 16.0 Å². The van der Waals surface area contributed by atoms with E-state index < -0.39 is 0 Å². The molecule has 1 heterocycles. The zero-order valence-electron chi connectivity index (χ0n) is 11.4. The molecular formula is C14H16ClN3O2. The summed E-state index contributed by atoms with van der Waals surface area (Å²) in [4.78, 5) is 16.0. The van der Waals surface area contributed by atoms with Gasteiger partial charge in [-0.2, -0.15) is 4.98 Å². The molecule has 0 aliphatic rings. The smallest absolute Gasteiger partial charge is 0.229 e. The Morgan fingerprint density at radius 2 is 2.15 bits per heavy atom. The summed E-state index contributed by atoms with van der Waals surface area (Å²) in [5, 5.41) is 7.14. The number of halogens is 1. The molecule has 106 valence electrons. The van der Waals surface area contributed by atoms with Crippen molar-refractivity contribution < 1.29 is 9.32 Å². The highest BCUT2D eigenvalue weighted by Gasteiger charge is 2.11. The molecule has 0 unspecified atom stereocenters. The van der Waals surface area contributed by atoms with Crippen LogP contribution in [0.5, 0.6) is 0 Å². The summed E-state index contributed by atoms with van der Waals surface area (Å²) in [6.45, 7) is 4.18. The van der Waals surface area contributed by atoms with Gasteiger partial charge in [-0.15, -0.1) is 0 Å². The van der Waals surface area contributed by atoms with Crippen LogP contribution in [0.15, 0.2) is 28.8 Å². The fraction of sp³-hybridized carbons (Fsp3) is 0.357. The molecule has 6 heteroatoms. The Bertz CT molecular complexity index is 596. The van der Waals surface area contributed by atoms with Crippen molar-refractivity contribution in [2.45, 2.75) is 32.7 Å². The van der Waals surface area contributed by atoms with Crippen LogP contribution in [0.2, 0.25) is 5.02 Å². The molecule has 0 saturated heterocycles. The number of nitrogens with zero attached hydrogens (tertiary/aromatic N) is 2. The zero-order valence-corrected chi connectivity index (χ0v) is 12.1. The van der Waals surface area contributed by atoms with E-state index in [0.29, 0.717) is 16.7 Å². The monoisotopic (exact) mass is 293 g/mol. The second-order valence-electron chi connectivity index (χ2n) is 4.75. The maximum absolute atomic E-state index is 11.8. The summed E-state index contributed by atoms with van der Waals surface area (Å²) in [6, 6.07) is 7.27. The van der Waals surface area contributed by atoms with Crippen molar-refractivity contribution in [1.29, 1.82) is 0 Å². The predicted octanol–water partition coefficient (Wildman–Crippen LogP) is 2.71. The first-order valence-corrected chi connectivity index (χ1v) is 6.76. The molecule has 20 heavy (non-hydrogen) atoms. The molecule has 1 N–H and O–H groups in total. The minimum Gasteiger partial charge on any atom is -0.348 e. The number of rotatable bonds is 5. The molecule has 1 aromatic heterocycles. The Morgan fingerprint density at radius 3 is 2.80 bits per heavy atom. The van der Waals surface area contributed by atoms with Crippen LogP contribution in [0.4, 0.5) is 0 Å². The molecule has 0 radical (unpaired) electrons. The van der Waals surface area contributed by atoms with E-state index in [9.17, 15) is 4.79 Å². The lowest BCUT2D eigenvalue weighted by atomic mass is 10.1. The van der Waals surface area contributed by atoms with E-state index in [0.717, 1.165) is 5.56 Å². The van der Waals surface area contributed by atoms with E-state index in [2.05, 4.69) is 15.5 Å². The molecule has 5 nitrogen and oxygen atoms in total. The zero-order chi connectivity index (χ0) is 14.5. The molecule has 0 saturated carbocycles. The second kappa shape index (κ2) is 6.52. The Morgan fingerprint density at radius 1 is 1.40 bits per heavy atom. The number of benzene rings is 1. The number of carbonyl (C=O) groups is 1. The van der Waals surface area contributed by atoms with E-state index >= 15 is 0 Å². The van der Waals surface area contributed by atoms with E-state index in [1.165, 1.54) is 0 Å².